The van der Waals surface area contributed by atoms with Crippen LogP contribution in [0.25, 0.3) is 0 Å². The quantitative estimate of drug-likeness (QED) is 0.167. The van der Waals surface area contributed by atoms with Crippen LogP contribution in [0.1, 0.15) is 27.6 Å². The van der Waals surface area contributed by atoms with Crippen LogP contribution < -0.4 is 38.5 Å². The average Bonchev–Trinajstić information content (AvgIpc) is 3.00. The molecule has 15 heteroatoms. The Kier molecular flexibility index (Phi) is 11.4. The molecule has 0 saturated carbocycles. The molecule has 3 aromatic carbocycles. The summed E-state index contributed by atoms with van der Waals surface area (Å²) in [6.07, 6.45) is 0. The molecule has 0 amide bonds. The number of halogens is 4. The van der Waals surface area contributed by atoms with Gasteiger partial charge < -0.3 is 37.7 Å². The second-order valence-corrected chi connectivity index (χ2v) is 12.4. The predicted molar refractivity (Wildman–Crippen MR) is 166 cm³/mol. The van der Waals surface area contributed by atoms with E-state index in [9.17, 15) is 9.59 Å². The van der Waals surface area contributed by atoms with Gasteiger partial charge in [0, 0.05) is 5.30 Å². The molecule has 0 spiro atoms. The van der Waals surface area contributed by atoms with E-state index in [0.29, 0.717) is 12.4 Å². The van der Waals surface area contributed by atoms with E-state index in [4.69, 9.17) is 79.6 Å². The lowest BCUT2D eigenvalue weighted by atomic mass is 10.2. The van der Waals surface area contributed by atoms with Crippen molar-refractivity contribution in [3.8, 4) is 40.2 Å². The Morgan fingerprint density at radius 1 is 0.581 bits per heavy atom. The molecule has 0 heterocycles. The van der Waals surface area contributed by atoms with Crippen LogP contribution >= 0.6 is 53.5 Å². The van der Waals surface area contributed by atoms with Gasteiger partial charge in [0.25, 0.3) is 0 Å². The molecule has 0 unspecified atom stereocenters. The van der Waals surface area contributed by atoms with Crippen LogP contribution in [0.15, 0.2) is 24.3 Å². The number of carbonyl (C=O) groups is 2. The van der Waals surface area contributed by atoms with Crippen molar-refractivity contribution in [2.24, 2.45) is 0 Å². The van der Waals surface area contributed by atoms with Gasteiger partial charge in [-0.2, -0.15) is 0 Å². The highest BCUT2D eigenvalue weighted by Crippen LogP contribution is 2.60. The molecule has 0 saturated heterocycles. The van der Waals surface area contributed by atoms with Crippen LogP contribution in [-0.2, 0) is 4.57 Å². The zero-order valence-electron chi connectivity index (χ0n) is 24.1. The molecule has 10 nitrogen and oxygen atoms in total. The highest BCUT2D eigenvalue weighted by atomic mass is 35.5. The summed E-state index contributed by atoms with van der Waals surface area (Å²) in [7, 11) is 2.67. The first-order valence-electron chi connectivity index (χ1n) is 12.2. The minimum atomic E-state index is -4.99. The van der Waals surface area contributed by atoms with Crippen LogP contribution in [0.5, 0.6) is 40.2 Å². The number of carbonyl (C=O) groups excluding carboxylic acids is 2. The number of benzene rings is 3. The number of methoxy groups -OCH3 is 6. The Balaban J connectivity index is 2.49. The fourth-order valence-electron chi connectivity index (χ4n) is 4.29. The van der Waals surface area contributed by atoms with Crippen LogP contribution in [0.4, 0.5) is 0 Å². The monoisotopic (exact) mass is 694 g/mol. The van der Waals surface area contributed by atoms with Crippen molar-refractivity contribution in [1.82, 2.24) is 0 Å². The van der Waals surface area contributed by atoms with Gasteiger partial charge in [-0.1, -0.05) is 46.4 Å². The molecule has 0 atom stereocenters. The Hall–Kier alpha value is -3.01. The fraction of sp³-hybridized carbons (Fsp3) is 0.286. The Morgan fingerprint density at radius 3 is 1.14 bits per heavy atom. The van der Waals surface area contributed by atoms with E-state index in [2.05, 4.69) is 0 Å². The first-order chi connectivity index (χ1) is 20.4. The molecular formula is C28H27Cl4O10P. The zero-order valence-corrected chi connectivity index (χ0v) is 28.0. The summed E-state index contributed by atoms with van der Waals surface area (Å²) < 4.78 is 52.8. The van der Waals surface area contributed by atoms with Crippen molar-refractivity contribution >= 4 is 69.9 Å². The fourth-order valence-corrected chi connectivity index (χ4v) is 8.32. The van der Waals surface area contributed by atoms with E-state index in [1.54, 1.807) is 6.92 Å². The lowest BCUT2D eigenvalue weighted by Gasteiger charge is -2.23. The molecule has 0 aliphatic carbocycles. The van der Waals surface area contributed by atoms with Gasteiger partial charge in [-0.05, 0) is 31.2 Å². The zero-order chi connectivity index (χ0) is 32.2. The lowest BCUT2D eigenvalue weighted by molar-refractivity contribution is 0.104. The van der Waals surface area contributed by atoms with Gasteiger partial charge in [0.1, 0.15) is 5.75 Å². The Morgan fingerprint density at radius 2 is 0.884 bits per heavy atom. The maximum Gasteiger partial charge on any atom is 0.248 e. The van der Waals surface area contributed by atoms with Crippen LogP contribution in [0.2, 0.25) is 20.1 Å². The highest BCUT2D eigenvalue weighted by molar-refractivity contribution is 8.01. The SMILES string of the molecule is CCOc1ccc(P(=O)(C(=O)c2c(Cl)c(OC)c(OC)c(OC)c2Cl)C(=O)c2c(Cl)c(OC)c(OC)c(OC)c2Cl)cc1. The summed E-state index contributed by atoms with van der Waals surface area (Å²) in [4.78, 5) is 29.0. The normalized spacial score (nSPS) is 11.0. The first kappa shape index (κ1) is 34.5. The van der Waals surface area contributed by atoms with E-state index >= 15 is 4.57 Å². The topological polar surface area (TPSA) is 116 Å². The molecule has 0 aliphatic rings. The Labute approximate surface area is 268 Å². The molecule has 0 aromatic heterocycles. The molecule has 232 valence electrons. The molecule has 43 heavy (non-hydrogen) atoms. The largest absolute Gasteiger partial charge is 0.494 e. The van der Waals surface area contributed by atoms with Crippen molar-refractivity contribution in [3.05, 3.63) is 55.5 Å². The molecule has 0 fully saturated rings. The van der Waals surface area contributed by atoms with Crippen LogP contribution in [0, 0.1) is 0 Å². The van der Waals surface area contributed by atoms with Crippen LogP contribution in [0.3, 0.4) is 0 Å². The molecule has 3 rings (SSSR count). The molecule has 0 N–H and O–H groups in total. The molecule has 0 aliphatic heterocycles. The molecule has 0 bridgehead atoms. The summed E-state index contributed by atoms with van der Waals surface area (Å²) in [6, 6.07) is 5.51. The van der Waals surface area contributed by atoms with E-state index in [1.807, 2.05) is 0 Å². The maximum absolute atomic E-state index is 15.2. The number of ether oxygens (including phenoxy) is 7. The van der Waals surface area contributed by atoms with Crippen molar-refractivity contribution < 1.29 is 47.3 Å². The first-order valence-corrected chi connectivity index (χ1v) is 15.4. The van der Waals surface area contributed by atoms with Gasteiger partial charge in [-0.15, -0.1) is 0 Å². The maximum atomic E-state index is 15.2. The van der Waals surface area contributed by atoms with Gasteiger partial charge in [0.15, 0.2) is 23.0 Å². The van der Waals surface area contributed by atoms with Gasteiger partial charge in [-0.25, -0.2) is 0 Å². The van der Waals surface area contributed by atoms with E-state index in [-0.39, 0.29) is 59.9 Å². The summed E-state index contributed by atoms with van der Waals surface area (Å²) in [5.41, 5.74) is -3.58. The predicted octanol–water partition coefficient (Wildman–Crippen LogP) is 7.42. The minimum absolute atomic E-state index is 0.0329. The molecular weight excluding hydrogens is 669 g/mol. The van der Waals surface area contributed by atoms with Gasteiger partial charge in [0.05, 0.1) is 80.5 Å². The van der Waals surface area contributed by atoms with Crippen LogP contribution in [-0.4, -0.2) is 60.3 Å². The third kappa shape index (κ3) is 5.79. The average molecular weight is 696 g/mol. The highest BCUT2D eigenvalue weighted by Gasteiger charge is 2.48. The smallest absolute Gasteiger partial charge is 0.248 e. The van der Waals surface area contributed by atoms with E-state index in [0.717, 1.165) is 0 Å². The second-order valence-electron chi connectivity index (χ2n) is 8.35. The summed E-state index contributed by atoms with van der Waals surface area (Å²) in [5, 5.41) is -1.72. The second kappa shape index (κ2) is 14.2. The van der Waals surface area contributed by atoms with E-state index in [1.165, 1.54) is 66.9 Å². The third-order valence-corrected chi connectivity index (χ3v) is 10.3. The third-order valence-electron chi connectivity index (χ3n) is 6.24. The van der Waals surface area contributed by atoms with Crippen molar-refractivity contribution in [1.29, 1.82) is 0 Å². The molecule has 3 aromatic rings. The van der Waals surface area contributed by atoms with E-state index < -0.39 is 29.3 Å². The van der Waals surface area contributed by atoms with Crippen molar-refractivity contribution in [2.45, 2.75) is 6.92 Å². The summed E-state index contributed by atoms with van der Waals surface area (Å²) in [5.74, 6) is -0.271. The van der Waals surface area contributed by atoms with Gasteiger partial charge >= 0.3 is 0 Å². The number of hydrogen-bond donors (Lipinski definition) is 0. The molecule has 0 radical (unpaired) electrons. The number of hydrogen-bond acceptors (Lipinski definition) is 10. The van der Waals surface area contributed by atoms with Crippen molar-refractivity contribution in [2.75, 3.05) is 49.3 Å². The lowest BCUT2D eigenvalue weighted by Crippen LogP contribution is -2.22. The minimum Gasteiger partial charge on any atom is -0.494 e. The Bertz CT molecular complexity index is 1450. The number of rotatable bonds is 13. The standard InChI is InChI=1S/C28H27Cl4O10P/c1-8-42-13-9-11-14(12-10-13)43(35,27(33)15-17(29)21(36-2)25(40-6)22(37-3)18(15)30)28(34)16-19(31)23(38-4)26(41-7)24(39-5)20(16)32/h9-12H,8H2,1-7H3. The van der Waals surface area contributed by atoms with Crippen molar-refractivity contribution in [3.63, 3.8) is 0 Å². The summed E-state index contributed by atoms with van der Waals surface area (Å²) in [6.45, 7) is 2.11. The van der Waals surface area contributed by atoms with Gasteiger partial charge in [-0.3, -0.25) is 9.59 Å². The summed E-state index contributed by atoms with van der Waals surface area (Å²) >= 11 is 26.4. The van der Waals surface area contributed by atoms with Gasteiger partial charge in [0.2, 0.25) is 29.7 Å².